The van der Waals surface area contributed by atoms with Crippen LogP contribution in [0.2, 0.25) is 5.02 Å². The minimum Gasteiger partial charge on any atom is -0.497 e. The molecule has 2 rings (SSSR count). The number of halogens is 1. The van der Waals surface area contributed by atoms with Crippen LogP contribution in [0.4, 0.5) is 0 Å². The fraction of sp³-hybridized carbons (Fsp3) is 0.400. The highest BCUT2D eigenvalue weighted by atomic mass is 35.5. The van der Waals surface area contributed by atoms with Crippen molar-refractivity contribution >= 4 is 11.6 Å². The van der Waals surface area contributed by atoms with Gasteiger partial charge in [0, 0.05) is 12.2 Å². The highest BCUT2D eigenvalue weighted by molar-refractivity contribution is 6.31. The second-order valence-corrected chi connectivity index (χ2v) is 5.24. The lowest BCUT2D eigenvalue weighted by atomic mass is 9.98. The second-order valence-electron chi connectivity index (χ2n) is 4.83. The van der Waals surface area contributed by atoms with Crippen LogP contribution in [0.25, 0.3) is 0 Å². The molecule has 0 aliphatic carbocycles. The molecule has 0 saturated carbocycles. The molecule has 0 amide bonds. The number of nitrogens with zero attached hydrogens (tertiary/aromatic N) is 2. The summed E-state index contributed by atoms with van der Waals surface area (Å²) in [6, 6.07) is 7.84. The van der Waals surface area contributed by atoms with Crippen LogP contribution >= 0.6 is 11.6 Å². The standard InChI is InChI=1S/C15H20ClN3O/c1-4-14(17)15(19-9-13(16)10(2)18-19)11-5-7-12(20-3)8-6-11/h5-9,14-15H,4,17H2,1-3H3. The van der Waals surface area contributed by atoms with Crippen LogP contribution in [0.1, 0.15) is 30.6 Å². The Morgan fingerprint density at radius 2 is 2.00 bits per heavy atom. The average molecular weight is 294 g/mol. The van der Waals surface area contributed by atoms with Crippen molar-refractivity contribution in [2.45, 2.75) is 32.4 Å². The zero-order valence-electron chi connectivity index (χ0n) is 12.0. The maximum Gasteiger partial charge on any atom is 0.118 e. The van der Waals surface area contributed by atoms with E-state index >= 15 is 0 Å². The van der Waals surface area contributed by atoms with E-state index in [1.54, 1.807) is 7.11 Å². The number of hydrogen-bond acceptors (Lipinski definition) is 3. The van der Waals surface area contributed by atoms with Gasteiger partial charge < -0.3 is 10.5 Å². The molecule has 20 heavy (non-hydrogen) atoms. The SMILES string of the molecule is CCC(N)C(c1ccc(OC)cc1)n1cc(Cl)c(C)n1. The molecule has 0 aliphatic rings. The predicted molar refractivity (Wildman–Crippen MR) is 81.4 cm³/mol. The quantitative estimate of drug-likeness (QED) is 0.921. The van der Waals surface area contributed by atoms with Gasteiger partial charge in [0.25, 0.3) is 0 Å². The maximum absolute atomic E-state index is 6.28. The van der Waals surface area contributed by atoms with Gasteiger partial charge in [-0.05, 0) is 31.0 Å². The van der Waals surface area contributed by atoms with Gasteiger partial charge in [-0.25, -0.2) is 0 Å². The summed E-state index contributed by atoms with van der Waals surface area (Å²) in [4.78, 5) is 0. The van der Waals surface area contributed by atoms with E-state index in [2.05, 4.69) is 12.0 Å². The van der Waals surface area contributed by atoms with Crippen molar-refractivity contribution in [3.05, 3.63) is 46.7 Å². The Hall–Kier alpha value is -1.52. The summed E-state index contributed by atoms with van der Waals surface area (Å²) in [7, 11) is 1.65. The Bertz CT molecular complexity index is 545. The molecule has 5 heteroatoms. The Morgan fingerprint density at radius 3 is 2.45 bits per heavy atom. The molecule has 0 fully saturated rings. The summed E-state index contributed by atoms with van der Waals surface area (Å²) in [5.41, 5.74) is 8.19. The molecular weight excluding hydrogens is 274 g/mol. The van der Waals surface area contributed by atoms with E-state index in [1.165, 1.54) is 0 Å². The van der Waals surface area contributed by atoms with Gasteiger partial charge in [-0.1, -0.05) is 30.7 Å². The summed E-state index contributed by atoms with van der Waals surface area (Å²) in [6.07, 6.45) is 2.69. The van der Waals surface area contributed by atoms with Gasteiger partial charge in [0.15, 0.2) is 0 Å². The third-order valence-electron chi connectivity index (χ3n) is 3.48. The van der Waals surface area contributed by atoms with Crippen LogP contribution in [0.5, 0.6) is 5.75 Å². The van der Waals surface area contributed by atoms with Gasteiger partial charge in [-0.3, -0.25) is 4.68 Å². The van der Waals surface area contributed by atoms with E-state index in [-0.39, 0.29) is 12.1 Å². The van der Waals surface area contributed by atoms with Crippen LogP contribution in [0.3, 0.4) is 0 Å². The van der Waals surface area contributed by atoms with Crippen molar-refractivity contribution in [3.8, 4) is 5.75 Å². The van der Waals surface area contributed by atoms with Gasteiger partial charge in [0.1, 0.15) is 5.75 Å². The van der Waals surface area contributed by atoms with E-state index < -0.39 is 0 Å². The van der Waals surface area contributed by atoms with Gasteiger partial charge in [0.2, 0.25) is 0 Å². The molecular formula is C15H20ClN3O. The highest BCUT2D eigenvalue weighted by Crippen LogP contribution is 2.26. The number of aryl methyl sites for hydroxylation is 1. The normalized spacial score (nSPS) is 14.1. The molecule has 0 spiro atoms. The first-order valence-electron chi connectivity index (χ1n) is 6.67. The van der Waals surface area contributed by atoms with Crippen LogP contribution in [-0.2, 0) is 0 Å². The fourth-order valence-electron chi connectivity index (χ4n) is 2.22. The van der Waals surface area contributed by atoms with Gasteiger partial charge in [0.05, 0.1) is 23.9 Å². The number of rotatable bonds is 5. The maximum atomic E-state index is 6.28. The molecule has 2 unspecified atom stereocenters. The summed E-state index contributed by atoms with van der Waals surface area (Å²) in [5, 5.41) is 5.13. The molecule has 0 saturated heterocycles. The minimum absolute atomic E-state index is 0.0289. The second kappa shape index (κ2) is 6.29. The first-order valence-corrected chi connectivity index (χ1v) is 7.05. The lowest BCUT2D eigenvalue weighted by Gasteiger charge is -2.24. The van der Waals surface area contributed by atoms with E-state index in [4.69, 9.17) is 22.1 Å². The third kappa shape index (κ3) is 2.97. The summed E-state index contributed by atoms with van der Waals surface area (Å²) in [5.74, 6) is 0.826. The van der Waals surface area contributed by atoms with E-state index in [0.29, 0.717) is 5.02 Å². The molecule has 2 aromatic rings. The zero-order valence-corrected chi connectivity index (χ0v) is 12.8. The predicted octanol–water partition coefficient (Wildman–Crippen LogP) is 3.18. The number of ether oxygens (including phenoxy) is 1. The van der Waals surface area contributed by atoms with E-state index in [0.717, 1.165) is 23.4 Å². The first-order chi connectivity index (χ1) is 9.56. The van der Waals surface area contributed by atoms with Gasteiger partial charge in [-0.2, -0.15) is 5.10 Å². The molecule has 1 aromatic heterocycles. The Morgan fingerprint density at radius 1 is 1.35 bits per heavy atom. The Balaban J connectivity index is 2.41. The third-order valence-corrected chi connectivity index (χ3v) is 3.85. The number of hydrogen-bond donors (Lipinski definition) is 1. The Labute approximate surface area is 124 Å². The molecule has 1 aromatic carbocycles. The van der Waals surface area contributed by atoms with Crippen LogP contribution in [-0.4, -0.2) is 22.9 Å². The van der Waals surface area contributed by atoms with Crippen molar-refractivity contribution in [1.82, 2.24) is 9.78 Å². The van der Waals surface area contributed by atoms with Crippen LogP contribution in [0, 0.1) is 6.92 Å². The van der Waals surface area contributed by atoms with E-state index in [1.807, 2.05) is 42.1 Å². The molecule has 1 heterocycles. The van der Waals surface area contributed by atoms with Crippen molar-refractivity contribution in [2.75, 3.05) is 7.11 Å². The monoisotopic (exact) mass is 293 g/mol. The topological polar surface area (TPSA) is 53.1 Å². The average Bonchev–Trinajstić information content (AvgIpc) is 2.79. The summed E-state index contributed by atoms with van der Waals surface area (Å²) >= 11 is 6.11. The Kier molecular flexibility index (Phi) is 4.68. The molecule has 2 atom stereocenters. The van der Waals surface area contributed by atoms with E-state index in [9.17, 15) is 0 Å². The fourth-order valence-corrected chi connectivity index (χ4v) is 2.36. The minimum atomic E-state index is -0.0305. The van der Waals surface area contributed by atoms with Crippen molar-refractivity contribution in [1.29, 1.82) is 0 Å². The van der Waals surface area contributed by atoms with Crippen molar-refractivity contribution in [2.24, 2.45) is 5.73 Å². The summed E-state index contributed by atoms with van der Waals surface area (Å²) in [6.45, 7) is 3.96. The van der Waals surface area contributed by atoms with Gasteiger partial charge >= 0.3 is 0 Å². The largest absolute Gasteiger partial charge is 0.497 e. The molecule has 0 bridgehead atoms. The molecule has 4 nitrogen and oxygen atoms in total. The highest BCUT2D eigenvalue weighted by Gasteiger charge is 2.22. The van der Waals surface area contributed by atoms with Crippen LogP contribution < -0.4 is 10.5 Å². The summed E-state index contributed by atoms with van der Waals surface area (Å²) < 4.78 is 7.04. The number of methoxy groups -OCH3 is 1. The lowest BCUT2D eigenvalue weighted by molar-refractivity contribution is 0.409. The number of benzene rings is 1. The molecule has 0 radical (unpaired) electrons. The number of nitrogens with two attached hydrogens (primary N) is 1. The number of aromatic nitrogens is 2. The first kappa shape index (κ1) is 14.9. The zero-order chi connectivity index (χ0) is 14.7. The van der Waals surface area contributed by atoms with Crippen molar-refractivity contribution < 1.29 is 4.74 Å². The molecule has 2 N–H and O–H groups in total. The molecule has 0 aliphatic heterocycles. The molecule has 108 valence electrons. The van der Waals surface area contributed by atoms with Crippen molar-refractivity contribution in [3.63, 3.8) is 0 Å². The smallest absolute Gasteiger partial charge is 0.118 e. The lowest BCUT2D eigenvalue weighted by Crippen LogP contribution is -2.32. The van der Waals surface area contributed by atoms with Crippen LogP contribution in [0.15, 0.2) is 30.5 Å². The van der Waals surface area contributed by atoms with Gasteiger partial charge in [-0.15, -0.1) is 0 Å².